The van der Waals surface area contributed by atoms with E-state index in [1.165, 1.54) is 19.2 Å². The van der Waals surface area contributed by atoms with Crippen molar-refractivity contribution < 1.29 is 19.1 Å². The van der Waals surface area contributed by atoms with Gasteiger partial charge >= 0.3 is 0 Å². The number of fused-ring (bicyclic) bond motifs is 1. The second kappa shape index (κ2) is 8.21. The average molecular weight is 400 g/mol. The van der Waals surface area contributed by atoms with Crippen LogP contribution >= 0.6 is 0 Å². The van der Waals surface area contributed by atoms with Gasteiger partial charge in [-0.3, -0.25) is 19.3 Å². The van der Waals surface area contributed by atoms with Crippen molar-refractivity contribution in [3.05, 3.63) is 101 Å². The number of rotatable bonds is 6. The molecule has 1 aliphatic heterocycles. The Bertz CT molecular complexity index is 1110. The summed E-state index contributed by atoms with van der Waals surface area (Å²) in [5.74, 6) is -0.227. The molecule has 0 aliphatic carbocycles. The van der Waals surface area contributed by atoms with Crippen LogP contribution < -0.4 is 10.1 Å². The molecule has 6 heteroatoms. The standard InChI is InChI=1S/C24H20N2O4/c1-26-23(28)20-12-11-18(13-21(20)24(26)29)22(27)25-14-16-7-9-17(10-8-16)15-30-19-5-3-2-4-6-19/h2-13H,14-15H2,1H3,(H,25,27). The maximum atomic E-state index is 12.5. The second-order valence-electron chi connectivity index (χ2n) is 7.03. The Kier molecular flexibility index (Phi) is 5.30. The fourth-order valence-corrected chi connectivity index (χ4v) is 3.22. The third-order valence-electron chi connectivity index (χ3n) is 4.98. The summed E-state index contributed by atoms with van der Waals surface area (Å²) in [5.41, 5.74) is 2.90. The van der Waals surface area contributed by atoms with Crippen LogP contribution in [0.2, 0.25) is 0 Å². The molecule has 0 fully saturated rings. The topological polar surface area (TPSA) is 75.7 Å². The molecule has 0 aromatic heterocycles. The van der Waals surface area contributed by atoms with Crippen molar-refractivity contribution in [3.8, 4) is 5.75 Å². The summed E-state index contributed by atoms with van der Waals surface area (Å²) in [5, 5.41) is 2.84. The molecular weight excluding hydrogens is 380 g/mol. The third kappa shape index (κ3) is 3.93. The van der Waals surface area contributed by atoms with Gasteiger partial charge in [0.25, 0.3) is 17.7 Å². The number of para-hydroxylation sites is 1. The summed E-state index contributed by atoms with van der Waals surface area (Å²) in [7, 11) is 1.43. The third-order valence-corrected chi connectivity index (χ3v) is 4.98. The molecule has 3 amide bonds. The van der Waals surface area contributed by atoms with Crippen LogP contribution in [0.5, 0.6) is 5.75 Å². The number of nitrogens with one attached hydrogen (secondary N) is 1. The summed E-state index contributed by atoms with van der Waals surface area (Å²) in [4.78, 5) is 37.6. The number of ether oxygens (including phenoxy) is 1. The van der Waals surface area contributed by atoms with Crippen LogP contribution in [-0.2, 0) is 13.2 Å². The molecule has 3 aromatic carbocycles. The van der Waals surface area contributed by atoms with Crippen molar-refractivity contribution in [3.63, 3.8) is 0 Å². The van der Waals surface area contributed by atoms with Crippen LogP contribution in [0.15, 0.2) is 72.8 Å². The molecule has 3 aromatic rings. The lowest BCUT2D eigenvalue weighted by molar-refractivity contribution is 0.0693. The molecule has 1 N–H and O–H groups in total. The number of amides is 3. The molecular formula is C24H20N2O4. The first-order chi connectivity index (χ1) is 14.5. The molecule has 6 nitrogen and oxygen atoms in total. The van der Waals surface area contributed by atoms with E-state index in [1.54, 1.807) is 6.07 Å². The normalized spacial score (nSPS) is 12.6. The van der Waals surface area contributed by atoms with Gasteiger partial charge in [0.2, 0.25) is 0 Å². The van der Waals surface area contributed by atoms with E-state index in [-0.39, 0.29) is 17.4 Å². The Morgan fingerprint density at radius 1 is 0.867 bits per heavy atom. The molecule has 0 saturated carbocycles. The fourth-order valence-electron chi connectivity index (χ4n) is 3.22. The lowest BCUT2D eigenvalue weighted by Crippen LogP contribution is -2.24. The van der Waals surface area contributed by atoms with Crippen molar-refractivity contribution in [2.75, 3.05) is 7.05 Å². The minimum atomic E-state index is -0.391. The highest BCUT2D eigenvalue weighted by atomic mass is 16.5. The van der Waals surface area contributed by atoms with Crippen molar-refractivity contribution in [1.29, 1.82) is 0 Å². The molecule has 0 atom stereocenters. The van der Waals surface area contributed by atoms with Gasteiger partial charge in [0, 0.05) is 19.2 Å². The van der Waals surface area contributed by atoms with E-state index in [0.717, 1.165) is 21.8 Å². The molecule has 150 valence electrons. The Labute approximate surface area is 174 Å². The number of imide groups is 1. The molecule has 4 rings (SSSR count). The smallest absolute Gasteiger partial charge is 0.261 e. The second-order valence-corrected chi connectivity index (χ2v) is 7.03. The van der Waals surface area contributed by atoms with Gasteiger partial charge in [0.15, 0.2) is 0 Å². The van der Waals surface area contributed by atoms with E-state index < -0.39 is 5.91 Å². The van der Waals surface area contributed by atoms with Crippen LogP contribution in [0.1, 0.15) is 42.2 Å². The maximum absolute atomic E-state index is 12.5. The molecule has 1 aliphatic rings. The van der Waals surface area contributed by atoms with Gasteiger partial charge in [0.1, 0.15) is 12.4 Å². The van der Waals surface area contributed by atoms with Gasteiger partial charge in [-0.25, -0.2) is 0 Å². The summed E-state index contributed by atoms with van der Waals surface area (Å²) in [6.07, 6.45) is 0. The predicted molar refractivity (Wildman–Crippen MR) is 111 cm³/mol. The number of nitrogens with zero attached hydrogens (tertiary/aromatic N) is 1. The van der Waals surface area contributed by atoms with Crippen molar-refractivity contribution in [2.24, 2.45) is 0 Å². The molecule has 0 bridgehead atoms. The predicted octanol–water partition coefficient (Wildman–Crippen LogP) is 3.42. The zero-order valence-electron chi connectivity index (χ0n) is 16.4. The summed E-state index contributed by atoms with van der Waals surface area (Å²) in [6, 6.07) is 21.9. The number of carbonyl (C=O) groups excluding carboxylic acids is 3. The van der Waals surface area contributed by atoms with Crippen molar-refractivity contribution >= 4 is 17.7 Å². The van der Waals surface area contributed by atoms with Gasteiger partial charge in [-0.05, 0) is 41.5 Å². The Hall–Kier alpha value is -3.93. The number of hydrogen-bond donors (Lipinski definition) is 1. The highest BCUT2D eigenvalue weighted by molar-refractivity contribution is 6.21. The molecule has 0 saturated heterocycles. The lowest BCUT2D eigenvalue weighted by Gasteiger charge is -2.09. The average Bonchev–Trinajstić information content (AvgIpc) is 3.01. The summed E-state index contributed by atoms with van der Waals surface area (Å²) >= 11 is 0. The fraction of sp³-hybridized carbons (Fsp3) is 0.125. The maximum Gasteiger partial charge on any atom is 0.261 e. The number of benzene rings is 3. The molecule has 30 heavy (non-hydrogen) atoms. The highest BCUT2D eigenvalue weighted by Crippen LogP contribution is 2.22. The zero-order valence-corrected chi connectivity index (χ0v) is 16.4. The van der Waals surface area contributed by atoms with Crippen LogP contribution in [-0.4, -0.2) is 29.7 Å². The van der Waals surface area contributed by atoms with Crippen LogP contribution in [0.4, 0.5) is 0 Å². The van der Waals surface area contributed by atoms with Crippen molar-refractivity contribution in [2.45, 2.75) is 13.2 Å². The lowest BCUT2D eigenvalue weighted by atomic mass is 10.1. The quantitative estimate of drug-likeness (QED) is 0.644. The van der Waals surface area contributed by atoms with E-state index in [4.69, 9.17) is 4.74 Å². The Morgan fingerprint density at radius 2 is 1.53 bits per heavy atom. The first-order valence-electron chi connectivity index (χ1n) is 9.53. The summed E-state index contributed by atoms with van der Waals surface area (Å²) in [6.45, 7) is 0.815. The zero-order chi connectivity index (χ0) is 21.1. The minimum Gasteiger partial charge on any atom is -0.489 e. The first kappa shape index (κ1) is 19.4. The molecule has 0 unspecified atom stereocenters. The Morgan fingerprint density at radius 3 is 2.27 bits per heavy atom. The number of carbonyl (C=O) groups is 3. The van der Waals surface area contributed by atoms with Gasteiger partial charge in [0.05, 0.1) is 11.1 Å². The first-order valence-corrected chi connectivity index (χ1v) is 9.53. The SMILES string of the molecule is CN1C(=O)c2ccc(C(=O)NCc3ccc(COc4ccccc4)cc3)cc2C1=O. The molecule has 1 heterocycles. The molecule has 0 radical (unpaired) electrons. The van der Waals surface area contributed by atoms with Gasteiger partial charge < -0.3 is 10.1 Å². The summed E-state index contributed by atoms with van der Waals surface area (Å²) < 4.78 is 5.72. The van der Waals surface area contributed by atoms with Crippen molar-refractivity contribution in [1.82, 2.24) is 10.2 Å². The van der Waals surface area contributed by atoms with Crippen LogP contribution in [0.3, 0.4) is 0 Å². The van der Waals surface area contributed by atoms with E-state index in [0.29, 0.717) is 24.3 Å². The van der Waals surface area contributed by atoms with Gasteiger partial charge in [-0.1, -0.05) is 42.5 Å². The van der Waals surface area contributed by atoms with E-state index in [9.17, 15) is 14.4 Å². The van der Waals surface area contributed by atoms with Gasteiger partial charge in [-0.2, -0.15) is 0 Å². The van der Waals surface area contributed by atoms with Gasteiger partial charge in [-0.15, -0.1) is 0 Å². The molecule has 0 spiro atoms. The van der Waals surface area contributed by atoms with Crippen LogP contribution in [0, 0.1) is 0 Å². The Balaban J connectivity index is 1.34. The number of hydrogen-bond acceptors (Lipinski definition) is 4. The van der Waals surface area contributed by atoms with Crippen LogP contribution in [0.25, 0.3) is 0 Å². The van der Waals surface area contributed by atoms with E-state index in [2.05, 4.69) is 5.32 Å². The highest BCUT2D eigenvalue weighted by Gasteiger charge is 2.33. The monoisotopic (exact) mass is 400 g/mol. The van der Waals surface area contributed by atoms with E-state index in [1.807, 2.05) is 54.6 Å². The minimum absolute atomic E-state index is 0.262. The van der Waals surface area contributed by atoms with E-state index >= 15 is 0 Å². The largest absolute Gasteiger partial charge is 0.489 e.